The number of fused-ring (bicyclic) bond motifs is 1. The summed E-state index contributed by atoms with van der Waals surface area (Å²) in [4.78, 5) is 14.9. The maximum absolute atomic E-state index is 12.1. The van der Waals surface area contributed by atoms with Crippen LogP contribution in [-0.4, -0.2) is 10.1 Å². The Balaban J connectivity index is 2.39. The van der Waals surface area contributed by atoms with Crippen LogP contribution in [0.5, 0.6) is 5.75 Å². The van der Waals surface area contributed by atoms with Gasteiger partial charge in [-0.3, -0.25) is 4.79 Å². The minimum absolute atomic E-state index is 0.0169. The van der Waals surface area contributed by atoms with Crippen LogP contribution in [-0.2, 0) is 0 Å². The average Bonchev–Trinajstić information content (AvgIpc) is 2.72. The van der Waals surface area contributed by atoms with Crippen LogP contribution in [0.1, 0.15) is 0 Å². The van der Waals surface area contributed by atoms with Crippen molar-refractivity contribution in [1.82, 2.24) is 4.98 Å². The molecule has 0 unspecified atom stereocenters. The van der Waals surface area contributed by atoms with Crippen LogP contribution in [0.15, 0.2) is 38.9 Å². The second-order valence-corrected chi connectivity index (χ2v) is 6.15. The number of benzene rings is 1. The summed E-state index contributed by atoms with van der Waals surface area (Å²) in [5, 5.41) is 12.7. The SMILES string of the molecule is O=c1[nH]c2c(Br)csc2c(O)c1-c1cccc(Cl)c1. The maximum atomic E-state index is 12.1. The Bertz CT molecular complexity index is 840. The highest BCUT2D eigenvalue weighted by Crippen LogP contribution is 2.38. The first-order valence-corrected chi connectivity index (χ1v) is 7.41. The van der Waals surface area contributed by atoms with Crippen molar-refractivity contribution in [1.29, 1.82) is 0 Å². The van der Waals surface area contributed by atoms with Gasteiger partial charge in [0.25, 0.3) is 5.56 Å². The molecule has 3 rings (SSSR count). The maximum Gasteiger partial charge on any atom is 0.260 e. The number of hydrogen-bond acceptors (Lipinski definition) is 3. The lowest BCUT2D eigenvalue weighted by Gasteiger charge is -2.05. The van der Waals surface area contributed by atoms with Crippen LogP contribution < -0.4 is 5.56 Å². The Hall–Kier alpha value is -1.30. The molecular weight excluding hydrogens is 350 g/mol. The molecule has 1 aromatic carbocycles. The van der Waals surface area contributed by atoms with Gasteiger partial charge < -0.3 is 10.1 Å². The molecule has 0 amide bonds. The van der Waals surface area contributed by atoms with Crippen molar-refractivity contribution in [2.75, 3.05) is 0 Å². The van der Waals surface area contributed by atoms with Gasteiger partial charge in [0.05, 0.1) is 20.3 Å². The molecule has 2 aromatic heterocycles. The predicted molar refractivity (Wildman–Crippen MR) is 82.3 cm³/mol. The molecular formula is C13H7BrClNO2S. The summed E-state index contributed by atoms with van der Waals surface area (Å²) < 4.78 is 1.40. The van der Waals surface area contributed by atoms with Gasteiger partial charge in [0.15, 0.2) is 0 Å². The molecule has 0 saturated heterocycles. The van der Waals surface area contributed by atoms with Crippen LogP contribution in [0.25, 0.3) is 21.3 Å². The van der Waals surface area contributed by atoms with Gasteiger partial charge in [-0.25, -0.2) is 0 Å². The molecule has 3 aromatic rings. The molecule has 0 aliphatic rings. The fourth-order valence-corrected chi connectivity index (χ4v) is 3.67. The number of aromatic nitrogens is 1. The number of halogens is 2. The molecule has 2 heterocycles. The Labute approximate surface area is 125 Å². The molecule has 19 heavy (non-hydrogen) atoms. The van der Waals surface area contributed by atoms with E-state index in [0.717, 1.165) is 4.47 Å². The van der Waals surface area contributed by atoms with E-state index in [9.17, 15) is 9.90 Å². The lowest BCUT2D eigenvalue weighted by atomic mass is 10.1. The Morgan fingerprint density at radius 1 is 1.37 bits per heavy atom. The van der Waals surface area contributed by atoms with Gasteiger partial charge >= 0.3 is 0 Å². The normalized spacial score (nSPS) is 11.1. The largest absolute Gasteiger partial charge is 0.506 e. The van der Waals surface area contributed by atoms with Gasteiger partial charge in [0.1, 0.15) is 5.75 Å². The van der Waals surface area contributed by atoms with Crippen molar-refractivity contribution in [2.45, 2.75) is 0 Å². The highest BCUT2D eigenvalue weighted by molar-refractivity contribution is 9.10. The topological polar surface area (TPSA) is 53.1 Å². The molecule has 0 aliphatic carbocycles. The van der Waals surface area contributed by atoms with E-state index in [4.69, 9.17) is 11.6 Å². The summed E-state index contributed by atoms with van der Waals surface area (Å²) in [6, 6.07) is 6.85. The first kappa shape index (κ1) is 12.7. The molecule has 0 bridgehead atoms. The summed E-state index contributed by atoms with van der Waals surface area (Å²) in [6.07, 6.45) is 0. The second-order valence-electron chi connectivity index (χ2n) is 3.98. The van der Waals surface area contributed by atoms with Gasteiger partial charge in [-0.2, -0.15) is 0 Å². The summed E-state index contributed by atoms with van der Waals surface area (Å²) in [5.74, 6) is -0.0169. The molecule has 0 radical (unpaired) electrons. The molecule has 0 atom stereocenters. The first-order valence-electron chi connectivity index (χ1n) is 5.36. The number of hydrogen-bond donors (Lipinski definition) is 2. The predicted octanol–water partition coefficient (Wildman–Crippen LogP) is 4.38. The number of aromatic hydroxyl groups is 1. The summed E-state index contributed by atoms with van der Waals surface area (Å²) in [6.45, 7) is 0. The smallest absolute Gasteiger partial charge is 0.260 e. The summed E-state index contributed by atoms with van der Waals surface area (Å²) in [5.41, 5.74) is 1.10. The highest BCUT2D eigenvalue weighted by Gasteiger charge is 2.16. The van der Waals surface area contributed by atoms with E-state index in [0.29, 0.717) is 20.8 Å². The summed E-state index contributed by atoms with van der Waals surface area (Å²) >= 11 is 10.6. The third-order valence-electron chi connectivity index (χ3n) is 2.78. The zero-order valence-corrected chi connectivity index (χ0v) is 12.6. The fourth-order valence-electron chi connectivity index (χ4n) is 1.94. The van der Waals surface area contributed by atoms with E-state index in [2.05, 4.69) is 20.9 Å². The first-order chi connectivity index (χ1) is 9.08. The van der Waals surface area contributed by atoms with Crippen molar-refractivity contribution in [3.05, 3.63) is 49.5 Å². The lowest BCUT2D eigenvalue weighted by Crippen LogP contribution is -2.08. The van der Waals surface area contributed by atoms with E-state index in [1.165, 1.54) is 11.3 Å². The fraction of sp³-hybridized carbons (Fsp3) is 0. The van der Waals surface area contributed by atoms with Crippen LogP contribution in [0, 0.1) is 0 Å². The average molecular weight is 357 g/mol. The minimum atomic E-state index is -0.341. The molecule has 0 aliphatic heterocycles. The number of pyridine rings is 1. The van der Waals surface area contributed by atoms with E-state index in [1.54, 1.807) is 24.3 Å². The molecule has 0 saturated carbocycles. The molecule has 6 heteroatoms. The van der Waals surface area contributed by atoms with E-state index >= 15 is 0 Å². The highest BCUT2D eigenvalue weighted by atomic mass is 79.9. The standard InChI is InChI=1S/C13H7BrClNO2S/c14-8-5-19-12-10(8)16-13(18)9(11(12)17)6-2-1-3-7(15)4-6/h1-5H,(H2,16,17,18). The van der Waals surface area contributed by atoms with E-state index in [-0.39, 0.29) is 16.9 Å². The Kier molecular flexibility index (Phi) is 3.12. The van der Waals surface area contributed by atoms with Gasteiger partial charge in [-0.1, -0.05) is 23.7 Å². The molecule has 3 nitrogen and oxygen atoms in total. The van der Waals surface area contributed by atoms with Crippen molar-refractivity contribution in [3.63, 3.8) is 0 Å². The van der Waals surface area contributed by atoms with Crippen LogP contribution in [0.4, 0.5) is 0 Å². The minimum Gasteiger partial charge on any atom is -0.506 e. The van der Waals surface area contributed by atoms with Gasteiger partial charge in [-0.05, 0) is 33.6 Å². The number of rotatable bonds is 1. The molecule has 96 valence electrons. The van der Waals surface area contributed by atoms with Crippen LogP contribution >= 0.6 is 38.9 Å². The van der Waals surface area contributed by atoms with E-state index < -0.39 is 0 Å². The van der Waals surface area contributed by atoms with Crippen molar-refractivity contribution < 1.29 is 5.11 Å². The number of H-pyrrole nitrogens is 1. The van der Waals surface area contributed by atoms with Gasteiger partial charge in [0, 0.05) is 10.4 Å². The number of aromatic amines is 1. The third-order valence-corrected chi connectivity index (χ3v) is 4.93. The summed E-state index contributed by atoms with van der Waals surface area (Å²) in [7, 11) is 0. The van der Waals surface area contributed by atoms with Crippen LogP contribution in [0.2, 0.25) is 5.02 Å². The Morgan fingerprint density at radius 3 is 2.89 bits per heavy atom. The van der Waals surface area contributed by atoms with Crippen molar-refractivity contribution in [2.24, 2.45) is 0 Å². The van der Waals surface area contributed by atoms with Crippen molar-refractivity contribution in [3.8, 4) is 16.9 Å². The second kappa shape index (κ2) is 4.67. The zero-order chi connectivity index (χ0) is 13.6. The third kappa shape index (κ3) is 2.08. The van der Waals surface area contributed by atoms with Gasteiger partial charge in [-0.15, -0.1) is 11.3 Å². The number of thiophene rings is 1. The lowest BCUT2D eigenvalue weighted by molar-refractivity contribution is 0.483. The molecule has 0 spiro atoms. The molecule has 0 fully saturated rings. The van der Waals surface area contributed by atoms with Crippen molar-refractivity contribution >= 4 is 49.1 Å². The van der Waals surface area contributed by atoms with Crippen LogP contribution in [0.3, 0.4) is 0 Å². The molecule has 2 N–H and O–H groups in total. The monoisotopic (exact) mass is 355 g/mol. The van der Waals surface area contributed by atoms with E-state index in [1.807, 2.05) is 5.38 Å². The quantitative estimate of drug-likeness (QED) is 0.680. The van der Waals surface area contributed by atoms with Gasteiger partial charge in [0.2, 0.25) is 0 Å². The number of nitrogens with one attached hydrogen (secondary N) is 1. The Morgan fingerprint density at radius 2 is 2.16 bits per heavy atom. The zero-order valence-electron chi connectivity index (χ0n) is 9.41.